The standard InChI is InChI=1S/C12H13N3O4S2/c1-8-7-20-10(15-8)4-5-14-21(18,19)11-3-2-9(6-13-11)12(16)17/h2-3,6-7,14H,4-5H2,1H3,(H,16,17). The molecule has 0 atom stereocenters. The van der Waals surface area contributed by atoms with Crippen LogP contribution in [-0.4, -0.2) is 36.0 Å². The summed E-state index contributed by atoms with van der Waals surface area (Å²) >= 11 is 1.47. The zero-order valence-corrected chi connectivity index (χ0v) is 12.7. The number of carbonyl (C=O) groups is 1. The Morgan fingerprint density at radius 2 is 2.19 bits per heavy atom. The lowest BCUT2D eigenvalue weighted by Crippen LogP contribution is -2.26. The summed E-state index contributed by atoms with van der Waals surface area (Å²) in [6, 6.07) is 2.37. The van der Waals surface area contributed by atoms with Crippen LogP contribution in [0.3, 0.4) is 0 Å². The predicted molar refractivity (Wildman–Crippen MR) is 76.9 cm³/mol. The monoisotopic (exact) mass is 327 g/mol. The molecular formula is C12H13N3O4S2. The molecule has 0 bridgehead atoms. The van der Waals surface area contributed by atoms with Crippen LogP contribution in [0.15, 0.2) is 28.7 Å². The van der Waals surface area contributed by atoms with Gasteiger partial charge < -0.3 is 5.11 Å². The van der Waals surface area contributed by atoms with Gasteiger partial charge in [0.1, 0.15) is 0 Å². The van der Waals surface area contributed by atoms with E-state index in [1.54, 1.807) is 0 Å². The first-order valence-corrected chi connectivity index (χ1v) is 8.35. The second-order valence-electron chi connectivity index (χ2n) is 4.22. The molecule has 0 aliphatic carbocycles. The van der Waals surface area contributed by atoms with Gasteiger partial charge in [-0.15, -0.1) is 11.3 Å². The minimum Gasteiger partial charge on any atom is -0.478 e. The average Bonchev–Trinajstić information content (AvgIpc) is 2.84. The molecule has 2 aromatic heterocycles. The highest BCUT2D eigenvalue weighted by Gasteiger charge is 2.16. The summed E-state index contributed by atoms with van der Waals surface area (Å²) in [5, 5.41) is 11.3. The van der Waals surface area contributed by atoms with Gasteiger partial charge in [0.15, 0.2) is 5.03 Å². The van der Waals surface area contributed by atoms with Gasteiger partial charge in [-0.25, -0.2) is 27.9 Å². The number of hydrogen-bond acceptors (Lipinski definition) is 6. The van der Waals surface area contributed by atoms with E-state index < -0.39 is 16.0 Å². The quantitative estimate of drug-likeness (QED) is 0.821. The van der Waals surface area contributed by atoms with Gasteiger partial charge in [0.2, 0.25) is 0 Å². The summed E-state index contributed by atoms with van der Waals surface area (Å²) in [4.78, 5) is 18.6. The molecule has 0 saturated heterocycles. The van der Waals surface area contributed by atoms with E-state index in [0.717, 1.165) is 16.9 Å². The number of carboxylic acid groups (broad SMARTS) is 1. The Morgan fingerprint density at radius 1 is 1.43 bits per heavy atom. The number of sulfonamides is 1. The maximum absolute atomic E-state index is 12.0. The number of aromatic carboxylic acids is 1. The molecule has 21 heavy (non-hydrogen) atoms. The van der Waals surface area contributed by atoms with Crippen molar-refractivity contribution in [1.82, 2.24) is 14.7 Å². The summed E-state index contributed by atoms with van der Waals surface area (Å²) in [6.07, 6.45) is 1.51. The van der Waals surface area contributed by atoms with Crippen LogP contribution in [0.4, 0.5) is 0 Å². The second-order valence-corrected chi connectivity index (χ2v) is 6.88. The lowest BCUT2D eigenvalue weighted by Gasteiger charge is -2.05. The number of rotatable bonds is 6. The highest BCUT2D eigenvalue weighted by Crippen LogP contribution is 2.10. The van der Waals surface area contributed by atoms with E-state index in [2.05, 4.69) is 14.7 Å². The van der Waals surface area contributed by atoms with E-state index in [1.165, 1.54) is 23.5 Å². The third kappa shape index (κ3) is 4.06. The fraction of sp³-hybridized carbons (Fsp3) is 0.250. The molecule has 0 fully saturated rings. The summed E-state index contributed by atoms with van der Waals surface area (Å²) in [6.45, 7) is 2.08. The molecule has 0 unspecified atom stereocenters. The third-order valence-corrected chi connectivity index (χ3v) is 4.96. The molecule has 2 aromatic rings. The van der Waals surface area contributed by atoms with Crippen LogP contribution in [0, 0.1) is 6.92 Å². The lowest BCUT2D eigenvalue weighted by atomic mass is 10.3. The third-order valence-electron chi connectivity index (χ3n) is 2.56. The SMILES string of the molecule is Cc1csc(CCNS(=O)(=O)c2ccc(C(=O)O)cn2)n1. The molecule has 0 saturated carbocycles. The van der Waals surface area contributed by atoms with E-state index in [9.17, 15) is 13.2 Å². The molecule has 0 aromatic carbocycles. The molecule has 2 rings (SSSR count). The Hall–Kier alpha value is -1.84. The number of aryl methyl sites for hydroxylation is 1. The van der Waals surface area contributed by atoms with E-state index in [4.69, 9.17) is 5.11 Å². The van der Waals surface area contributed by atoms with Gasteiger partial charge in [-0.2, -0.15) is 0 Å². The van der Waals surface area contributed by atoms with E-state index in [1.807, 2.05) is 12.3 Å². The van der Waals surface area contributed by atoms with Crippen molar-refractivity contribution < 1.29 is 18.3 Å². The number of hydrogen-bond donors (Lipinski definition) is 2. The van der Waals surface area contributed by atoms with Crippen molar-refractivity contribution in [3.63, 3.8) is 0 Å². The summed E-state index contributed by atoms with van der Waals surface area (Å²) in [5.74, 6) is -1.15. The Bertz CT molecular complexity index is 738. The van der Waals surface area contributed by atoms with Gasteiger partial charge in [0.05, 0.1) is 10.6 Å². The van der Waals surface area contributed by atoms with Crippen LogP contribution >= 0.6 is 11.3 Å². The van der Waals surface area contributed by atoms with Crippen LogP contribution in [0.2, 0.25) is 0 Å². The maximum atomic E-state index is 12.0. The van der Waals surface area contributed by atoms with Gasteiger partial charge in [0.25, 0.3) is 10.0 Å². The van der Waals surface area contributed by atoms with E-state index in [0.29, 0.717) is 6.42 Å². The molecule has 0 radical (unpaired) electrons. The van der Waals surface area contributed by atoms with Crippen molar-refractivity contribution in [2.45, 2.75) is 18.4 Å². The molecule has 0 amide bonds. The molecule has 9 heteroatoms. The average molecular weight is 327 g/mol. The minimum absolute atomic E-state index is 0.0628. The van der Waals surface area contributed by atoms with Crippen molar-refractivity contribution in [3.8, 4) is 0 Å². The summed E-state index contributed by atoms with van der Waals surface area (Å²) < 4.78 is 26.4. The van der Waals surface area contributed by atoms with Crippen molar-refractivity contribution in [3.05, 3.63) is 40.0 Å². The van der Waals surface area contributed by atoms with Gasteiger partial charge in [0, 0.05) is 30.2 Å². The number of carboxylic acids is 1. The molecule has 0 aliphatic heterocycles. The van der Waals surface area contributed by atoms with E-state index >= 15 is 0 Å². The van der Waals surface area contributed by atoms with Crippen molar-refractivity contribution >= 4 is 27.3 Å². The van der Waals surface area contributed by atoms with Crippen LogP contribution in [0.25, 0.3) is 0 Å². The Morgan fingerprint density at radius 3 is 2.71 bits per heavy atom. The molecule has 0 spiro atoms. The molecule has 2 heterocycles. The number of thiazole rings is 1. The number of pyridine rings is 1. The summed E-state index contributed by atoms with van der Waals surface area (Å²) in [5.41, 5.74) is 0.844. The molecular weight excluding hydrogens is 314 g/mol. The highest BCUT2D eigenvalue weighted by molar-refractivity contribution is 7.89. The maximum Gasteiger partial charge on any atom is 0.337 e. The normalized spacial score (nSPS) is 11.5. The molecule has 7 nitrogen and oxygen atoms in total. The first kappa shape index (κ1) is 15.5. The largest absolute Gasteiger partial charge is 0.478 e. The fourth-order valence-corrected chi connectivity index (χ4v) is 3.28. The van der Waals surface area contributed by atoms with Crippen LogP contribution in [-0.2, 0) is 16.4 Å². The van der Waals surface area contributed by atoms with Crippen molar-refractivity contribution in [2.24, 2.45) is 0 Å². The first-order valence-electron chi connectivity index (χ1n) is 5.98. The first-order chi connectivity index (χ1) is 9.88. The smallest absolute Gasteiger partial charge is 0.337 e. The second kappa shape index (κ2) is 6.29. The summed E-state index contributed by atoms with van der Waals surface area (Å²) in [7, 11) is -3.74. The Kier molecular flexibility index (Phi) is 4.66. The number of nitrogens with zero attached hydrogens (tertiary/aromatic N) is 2. The van der Waals surface area contributed by atoms with Gasteiger partial charge in [-0.3, -0.25) is 0 Å². The van der Waals surface area contributed by atoms with Crippen LogP contribution < -0.4 is 4.72 Å². The zero-order chi connectivity index (χ0) is 15.5. The van der Waals surface area contributed by atoms with Crippen LogP contribution in [0.5, 0.6) is 0 Å². The van der Waals surface area contributed by atoms with Crippen LogP contribution in [0.1, 0.15) is 21.1 Å². The zero-order valence-electron chi connectivity index (χ0n) is 11.1. The minimum atomic E-state index is -3.74. The topological polar surface area (TPSA) is 109 Å². The Balaban J connectivity index is 1.99. The molecule has 112 valence electrons. The van der Waals surface area contributed by atoms with Gasteiger partial charge in [-0.1, -0.05) is 0 Å². The van der Waals surface area contributed by atoms with Gasteiger partial charge >= 0.3 is 5.97 Å². The number of nitrogens with one attached hydrogen (secondary N) is 1. The lowest BCUT2D eigenvalue weighted by molar-refractivity contribution is 0.0696. The van der Waals surface area contributed by atoms with E-state index in [-0.39, 0.29) is 17.1 Å². The predicted octanol–water partition coefficient (Wildman–Crippen LogP) is 1.07. The van der Waals surface area contributed by atoms with Gasteiger partial charge in [-0.05, 0) is 19.1 Å². The fourth-order valence-electron chi connectivity index (χ4n) is 1.55. The number of aromatic nitrogens is 2. The molecule has 0 aliphatic rings. The Labute approximate surface area is 125 Å². The molecule has 2 N–H and O–H groups in total. The highest BCUT2D eigenvalue weighted by atomic mass is 32.2. The van der Waals surface area contributed by atoms with Crippen molar-refractivity contribution in [2.75, 3.05) is 6.54 Å². The van der Waals surface area contributed by atoms with Crippen molar-refractivity contribution in [1.29, 1.82) is 0 Å².